The van der Waals surface area contributed by atoms with E-state index in [1.54, 1.807) is 45.2 Å². The van der Waals surface area contributed by atoms with Gasteiger partial charge in [0.2, 0.25) is 23.6 Å². The number of hydrogen-bond donors (Lipinski definition) is 2. The van der Waals surface area contributed by atoms with E-state index in [2.05, 4.69) is 15.6 Å². The molecule has 0 radical (unpaired) electrons. The Hall–Kier alpha value is -3.36. The van der Waals surface area contributed by atoms with Gasteiger partial charge in [-0.15, -0.1) is 0 Å². The quantitative estimate of drug-likeness (QED) is 0.686. The van der Waals surface area contributed by atoms with Gasteiger partial charge in [0.05, 0.1) is 11.8 Å². The van der Waals surface area contributed by atoms with Gasteiger partial charge in [0.1, 0.15) is 5.41 Å². The van der Waals surface area contributed by atoms with Crippen molar-refractivity contribution >= 4 is 40.9 Å². The molecular weight excluding hydrogens is 388 g/mol. The second-order valence-corrected chi connectivity index (χ2v) is 7.96. The molecule has 30 heavy (non-hydrogen) atoms. The zero-order valence-electron chi connectivity index (χ0n) is 16.9. The topological polar surface area (TPSA) is 125 Å². The van der Waals surface area contributed by atoms with Crippen LogP contribution in [-0.4, -0.2) is 47.8 Å². The molecule has 156 valence electrons. The fraction of sp³-hybridized carbons (Fsp3) is 0.429. The van der Waals surface area contributed by atoms with Crippen molar-refractivity contribution in [2.24, 2.45) is 22.2 Å². The Kier molecular flexibility index (Phi) is 4.37. The summed E-state index contributed by atoms with van der Waals surface area (Å²) in [6.07, 6.45) is -0.0822. The molecule has 3 heterocycles. The van der Waals surface area contributed by atoms with Gasteiger partial charge < -0.3 is 4.90 Å². The molecule has 0 spiro atoms. The number of nitrogens with zero attached hydrogens (tertiary/aromatic N) is 2. The van der Waals surface area contributed by atoms with Gasteiger partial charge in [-0.25, -0.2) is 0 Å². The lowest BCUT2D eigenvalue weighted by Gasteiger charge is -2.37. The summed E-state index contributed by atoms with van der Waals surface area (Å²) in [5, 5.41) is 4.52. The molecular formula is C21H22N4O5. The Balaban J connectivity index is 1.86. The summed E-state index contributed by atoms with van der Waals surface area (Å²) in [7, 11) is 1.58. The van der Waals surface area contributed by atoms with E-state index >= 15 is 0 Å². The molecule has 5 amide bonds. The van der Waals surface area contributed by atoms with Gasteiger partial charge in [0, 0.05) is 24.9 Å². The molecule has 4 atom stereocenters. The smallest absolute Gasteiger partial charge is 0.255 e. The monoisotopic (exact) mass is 410 g/mol. The molecule has 0 aliphatic carbocycles. The SMILES string of the molecule is CCC1(C(=O)N(C)c2ccccc2)N=C(C)C2(C3CC(=O)NC3=O)C(=O)NC(=O)C12. The minimum Gasteiger partial charge on any atom is -0.313 e. The van der Waals surface area contributed by atoms with Crippen LogP contribution in [0.1, 0.15) is 26.7 Å². The molecule has 1 aromatic rings. The van der Waals surface area contributed by atoms with E-state index in [-0.39, 0.29) is 18.6 Å². The maximum absolute atomic E-state index is 13.7. The molecule has 4 unspecified atom stereocenters. The summed E-state index contributed by atoms with van der Waals surface area (Å²) in [5.41, 5.74) is -2.38. The van der Waals surface area contributed by atoms with Crippen molar-refractivity contribution in [1.82, 2.24) is 10.6 Å². The number of imide groups is 2. The van der Waals surface area contributed by atoms with Crippen molar-refractivity contribution in [2.75, 3.05) is 11.9 Å². The number of carbonyl (C=O) groups is 5. The van der Waals surface area contributed by atoms with Crippen LogP contribution in [0.15, 0.2) is 35.3 Å². The Labute approximate surface area is 172 Å². The Morgan fingerprint density at radius 2 is 1.80 bits per heavy atom. The third-order valence-corrected chi connectivity index (χ3v) is 6.65. The number of hydrogen-bond acceptors (Lipinski definition) is 6. The largest absolute Gasteiger partial charge is 0.313 e. The second kappa shape index (κ2) is 6.58. The average Bonchev–Trinajstić information content (AvgIpc) is 3.30. The number of para-hydroxylation sites is 1. The fourth-order valence-corrected chi connectivity index (χ4v) is 5.25. The number of aliphatic imine (C=N–C) groups is 1. The highest BCUT2D eigenvalue weighted by Crippen LogP contribution is 2.56. The van der Waals surface area contributed by atoms with Crippen LogP contribution in [0.4, 0.5) is 5.69 Å². The predicted octanol–water partition coefficient (Wildman–Crippen LogP) is 0.194. The van der Waals surface area contributed by atoms with Crippen molar-refractivity contribution in [2.45, 2.75) is 32.2 Å². The zero-order valence-corrected chi connectivity index (χ0v) is 16.9. The van der Waals surface area contributed by atoms with E-state index in [9.17, 15) is 24.0 Å². The summed E-state index contributed by atoms with van der Waals surface area (Å²) in [6.45, 7) is 3.27. The van der Waals surface area contributed by atoms with Gasteiger partial charge >= 0.3 is 0 Å². The molecule has 1 aromatic carbocycles. The van der Waals surface area contributed by atoms with Crippen molar-refractivity contribution in [1.29, 1.82) is 0 Å². The lowest BCUT2D eigenvalue weighted by Crippen LogP contribution is -2.56. The number of likely N-dealkylation sites (N-methyl/N-ethyl adjacent to an activating group) is 1. The number of carbonyl (C=O) groups excluding carboxylic acids is 5. The number of benzene rings is 1. The molecule has 9 nitrogen and oxygen atoms in total. The summed E-state index contributed by atoms with van der Waals surface area (Å²) >= 11 is 0. The maximum atomic E-state index is 13.7. The number of anilines is 1. The van der Waals surface area contributed by atoms with E-state index in [0.717, 1.165) is 0 Å². The Morgan fingerprint density at radius 3 is 2.37 bits per heavy atom. The maximum Gasteiger partial charge on any atom is 0.255 e. The molecule has 3 aliphatic heterocycles. The van der Waals surface area contributed by atoms with Crippen molar-refractivity contribution in [3.8, 4) is 0 Å². The lowest BCUT2D eigenvalue weighted by molar-refractivity contribution is -0.138. The Bertz CT molecular complexity index is 1020. The first-order chi connectivity index (χ1) is 14.2. The molecule has 0 aromatic heterocycles. The molecule has 2 saturated heterocycles. The van der Waals surface area contributed by atoms with Gasteiger partial charge in [0.25, 0.3) is 5.91 Å². The number of fused-ring (bicyclic) bond motifs is 1. The van der Waals surface area contributed by atoms with Gasteiger partial charge in [-0.05, 0) is 25.5 Å². The minimum atomic E-state index is -1.66. The van der Waals surface area contributed by atoms with Crippen molar-refractivity contribution in [3.63, 3.8) is 0 Å². The van der Waals surface area contributed by atoms with Crippen LogP contribution in [0.3, 0.4) is 0 Å². The van der Waals surface area contributed by atoms with Crippen LogP contribution in [-0.2, 0) is 24.0 Å². The molecule has 2 fully saturated rings. The first kappa shape index (κ1) is 19.9. The van der Waals surface area contributed by atoms with E-state index in [4.69, 9.17) is 0 Å². The highest BCUT2D eigenvalue weighted by Gasteiger charge is 2.75. The molecule has 2 N–H and O–H groups in total. The van der Waals surface area contributed by atoms with E-state index in [1.165, 1.54) is 4.90 Å². The number of rotatable bonds is 4. The van der Waals surface area contributed by atoms with Crippen LogP contribution < -0.4 is 15.5 Å². The van der Waals surface area contributed by atoms with Crippen molar-refractivity contribution in [3.05, 3.63) is 30.3 Å². The zero-order chi connectivity index (χ0) is 21.8. The highest BCUT2D eigenvalue weighted by molar-refractivity contribution is 6.27. The fourth-order valence-electron chi connectivity index (χ4n) is 5.25. The molecule has 0 saturated carbocycles. The molecule has 0 bridgehead atoms. The third kappa shape index (κ3) is 2.34. The predicted molar refractivity (Wildman–Crippen MR) is 106 cm³/mol. The van der Waals surface area contributed by atoms with Gasteiger partial charge in [-0.1, -0.05) is 25.1 Å². The Morgan fingerprint density at radius 1 is 1.13 bits per heavy atom. The lowest BCUT2D eigenvalue weighted by atomic mass is 9.60. The standard InChI is InChI=1S/C21H22N4O5/c1-4-20(19(30)25(3)12-8-6-5-7-9-12)15-17(28)23-18(29)21(15,11(2)24-20)13-10-14(26)22-16(13)27/h5-9,13,15H,4,10H2,1-3H3,(H,22,26,27)(H,23,28,29). The summed E-state index contributed by atoms with van der Waals surface area (Å²) in [6, 6.07) is 8.89. The van der Waals surface area contributed by atoms with Crippen LogP contribution in [0.2, 0.25) is 0 Å². The van der Waals surface area contributed by atoms with E-state index in [1.807, 2.05) is 6.07 Å². The number of amides is 5. The average molecular weight is 410 g/mol. The van der Waals surface area contributed by atoms with Gasteiger partial charge in [-0.2, -0.15) is 0 Å². The van der Waals surface area contributed by atoms with Gasteiger partial charge in [0.15, 0.2) is 5.54 Å². The third-order valence-electron chi connectivity index (χ3n) is 6.65. The molecule has 4 rings (SSSR count). The first-order valence-corrected chi connectivity index (χ1v) is 9.79. The normalized spacial score (nSPS) is 32.6. The second-order valence-electron chi connectivity index (χ2n) is 7.96. The van der Waals surface area contributed by atoms with Crippen LogP contribution in [0.25, 0.3) is 0 Å². The summed E-state index contributed by atoms with van der Waals surface area (Å²) in [4.78, 5) is 70.2. The summed E-state index contributed by atoms with van der Waals surface area (Å²) < 4.78 is 0. The summed E-state index contributed by atoms with van der Waals surface area (Å²) in [5.74, 6) is -5.21. The van der Waals surface area contributed by atoms with E-state index < -0.39 is 52.3 Å². The van der Waals surface area contributed by atoms with Crippen LogP contribution in [0, 0.1) is 17.3 Å². The van der Waals surface area contributed by atoms with Gasteiger partial charge in [-0.3, -0.25) is 39.6 Å². The highest BCUT2D eigenvalue weighted by atomic mass is 16.2. The molecule has 3 aliphatic rings. The van der Waals surface area contributed by atoms with Crippen LogP contribution in [0.5, 0.6) is 0 Å². The first-order valence-electron chi connectivity index (χ1n) is 9.79. The van der Waals surface area contributed by atoms with Crippen LogP contribution >= 0.6 is 0 Å². The van der Waals surface area contributed by atoms with Crippen molar-refractivity contribution < 1.29 is 24.0 Å². The number of nitrogens with one attached hydrogen (secondary N) is 2. The minimum absolute atomic E-state index is 0.149. The molecule has 9 heteroatoms. The van der Waals surface area contributed by atoms with E-state index in [0.29, 0.717) is 5.69 Å².